The van der Waals surface area contributed by atoms with Crippen LogP contribution in [0.25, 0.3) is 0 Å². The van der Waals surface area contributed by atoms with Gasteiger partial charge >= 0.3 is 5.97 Å². The van der Waals surface area contributed by atoms with Crippen LogP contribution in [0.1, 0.15) is 64.7 Å². The Morgan fingerprint density at radius 3 is 1.87 bits per heavy atom. The average molecular weight is 336 g/mol. The van der Waals surface area contributed by atoms with Gasteiger partial charge in [0, 0.05) is 0 Å². The number of aliphatic carboxylic acids is 1. The molecule has 0 rings (SSSR count). The van der Waals surface area contributed by atoms with Crippen LogP contribution in [0, 0.1) is 0 Å². The molecular weight excluding hydrogens is 304 g/mol. The Balaban J connectivity index is 4.31. The van der Waals surface area contributed by atoms with Gasteiger partial charge in [-0.25, -0.2) is 4.79 Å². The first-order chi connectivity index (χ1) is 10.8. The van der Waals surface area contributed by atoms with Gasteiger partial charge in [0.15, 0.2) is 5.60 Å². The summed E-state index contributed by atoms with van der Waals surface area (Å²) in [4.78, 5) is 11.3. The Kier molecular flexibility index (Phi) is 11.4. The number of carboxylic acids is 1. The summed E-state index contributed by atoms with van der Waals surface area (Å²) in [7, 11) is 0. The summed E-state index contributed by atoms with van der Waals surface area (Å²) in [6, 6.07) is 0. The third kappa shape index (κ3) is 7.58. The lowest BCUT2D eigenvalue weighted by molar-refractivity contribution is -0.192. The van der Waals surface area contributed by atoms with Crippen LogP contribution in [0.15, 0.2) is 0 Å². The maximum atomic E-state index is 11.3. The van der Waals surface area contributed by atoms with Gasteiger partial charge in [0.2, 0.25) is 0 Å². The Morgan fingerprint density at radius 2 is 1.43 bits per heavy atom. The van der Waals surface area contributed by atoms with Gasteiger partial charge < -0.3 is 30.6 Å². The number of aliphatic hydroxyl groups excluding tert-OH is 4. The molecule has 0 aromatic heterocycles. The zero-order chi connectivity index (χ0) is 17.9. The Hall–Kier alpha value is -0.730. The molecule has 6 N–H and O–H groups in total. The Labute approximate surface area is 137 Å². The van der Waals surface area contributed by atoms with Crippen LogP contribution >= 0.6 is 0 Å². The van der Waals surface area contributed by atoms with Crippen molar-refractivity contribution in [2.75, 3.05) is 6.61 Å². The quantitative estimate of drug-likeness (QED) is 0.253. The molecule has 0 saturated carbocycles. The van der Waals surface area contributed by atoms with Gasteiger partial charge in [-0.15, -0.1) is 0 Å². The average Bonchev–Trinajstić information content (AvgIpc) is 2.54. The van der Waals surface area contributed by atoms with E-state index in [1.807, 2.05) is 0 Å². The summed E-state index contributed by atoms with van der Waals surface area (Å²) >= 11 is 0. The van der Waals surface area contributed by atoms with E-state index in [2.05, 4.69) is 6.92 Å². The van der Waals surface area contributed by atoms with Crippen LogP contribution in [0.2, 0.25) is 0 Å². The van der Waals surface area contributed by atoms with Crippen LogP contribution in [0.5, 0.6) is 0 Å². The monoisotopic (exact) mass is 336 g/mol. The number of hydrogen-bond donors (Lipinski definition) is 6. The van der Waals surface area contributed by atoms with Crippen LogP contribution in [-0.2, 0) is 4.79 Å². The molecule has 138 valence electrons. The van der Waals surface area contributed by atoms with E-state index in [0.29, 0.717) is 12.8 Å². The lowest BCUT2D eigenvalue weighted by Crippen LogP contribution is -2.58. The molecule has 0 saturated heterocycles. The molecule has 7 nitrogen and oxygen atoms in total. The van der Waals surface area contributed by atoms with Gasteiger partial charge in [0.05, 0.1) is 6.61 Å². The van der Waals surface area contributed by atoms with Gasteiger partial charge in [-0.1, -0.05) is 51.9 Å². The first kappa shape index (κ1) is 22.3. The summed E-state index contributed by atoms with van der Waals surface area (Å²) in [6.07, 6.45) is 1.78. The molecule has 0 heterocycles. The van der Waals surface area contributed by atoms with E-state index in [4.69, 9.17) is 10.2 Å². The third-order valence-corrected chi connectivity index (χ3v) is 4.18. The number of unbranched alkanes of at least 4 members (excludes halogenated alkanes) is 7. The highest BCUT2D eigenvalue weighted by molar-refractivity contribution is 5.78. The smallest absolute Gasteiger partial charge is 0.338 e. The molecule has 4 atom stereocenters. The Morgan fingerprint density at radius 1 is 0.957 bits per heavy atom. The molecular formula is C16H32O7. The van der Waals surface area contributed by atoms with E-state index in [1.165, 1.54) is 19.3 Å². The van der Waals surface area contributed by atoms with Crippen molar-refractivity contribution in [1.29, 1.82) is 0 Å². The summed E-state index contributed by atoms with van der Waals surface area (Å²) in [5, 5.41) is 56.8. The Bertz CT molecular complexity index is 324. The summed E-state index contributed by atoms with van der Waals surface area (Å²) in [5.74, 6) is -1.66. The van der Waals surface area contributed by atoms with Crippen molar-refractivity contribution in [3.05, 3.63) is 0 Å². The standard InChI is InChI=1S/C16H32O7/c1-2-3-4-5-6-7-8-9-10-16(23,15(21)22)14(20)13(19)12(18)11-17/h12-14,17-20,23H,2-11H2,1H3,(H,21,22)/t12-,13-,14+,16-/m1/s1. The molecule has 23 heavy (non-hydrogen) atoms. The van der Waals surface area contributed by atoms with Gasteiger partial charge in [-0.05, 0) is 12.8 Å². The zero-order valence-corrected chi connectivity index (χ0v) is 13.9. The predicted molar refractivity (Wildman–Crippen MR) is 84.9 cm³/mol. The van der Waals surface area contributed by atoms with E-state index in [9.17, 15) is 25.2 Å². The van der Waals surface area contributed by atoms with Crippen LogP contribution < -0.4 is 0 Å². The van der Waals surface area contributed by atoms with Gasteiger partial charge in [-0.2, -0.15) is 0 Å². The fraction of sp³-hybridized carbons (Fsp3) is 0.938. The SMILES string of the molecule is CCCCCCCCCC[C@](O)(C(=O)O)[C@@H](O)[C@H](O)[C@H](O)CO. The van der Waals surface area contributed by atoms with E-state index < -0.39 is 36.5 Å². The van der Waals surface area contributed by atoms with E-state index >= 15 is 0 Å². The molecule has 0 aliphatic heterocycles. The summed E-state index contributed by atoms with van der Waals surface area (Å²) < 4.78 is 0. The highest BCUT2D eigenvalue weighted by Gasteiger charge is 2.47. The summed E-state index contributed by atoms with van der Waals surface area (Å²) in [6.45, 7) is 1.30. The first-order valence-electron chi connectivity index (χ1n) is 8.42. The van der Waals surface area contributed by atoms with Crippen molar-refractivity contribution in [2.45, 2.75) is 88.6 Å². The fourth-order valence-electron chi connectivity index (χ4n) is 2.51. The zero-order valence-electron chi connectivity index (χ0n) is 13.9. The second kappa shape index (κ2) is 11.8. The van der Waals surface area contributed by atoms with Crippen molar-refractivity contribution < 1.29 is 35.4 Å². The van der Waals surface area contributed by atoms with Crippen LogP contribution in [0.4, 0.5) is 0 Å². The third-order valence-electron chi connectivity index (χ3n) is 4.18. The molecule has 0 spiro atoms. The molecule has 0 aliphatic rings. The van der Waals surface area contributed by atoms with Gasteiger partial charge in [-0.3, -0.25) is 0 Å². The molecule has 0 bridgehead atoms. The van der Waals surface area contributed by atoms with Crippen LogP contribution in [0.3, 0.4) is 0 Å². The first-order valence-corrected chi connectivity index (χ1v) is 8.42. The van der Waals surface area contributed by atoms with Crippen molar-refractivity contribution in [1.82, 2.24) is 0 Å². The van der Waals surface area contributed by atoms with Crippen LogP contribution in [-0.4, -0.2) is 67.1 Å². The van der Waals surface area contributed by atoms with Crippen molar-refractivity contribution in [2.24, 2.45) is 0 Å². The summed E-state index contributed by atoms with van der Waals surface area (Å²) in [5.41, 5.74) is -2.54. The van der Waals surface area contributed by atoms with Gasteiger partial charge in [0.1, 0.15) is 18.3 Å². The fourth-order valence-corrected chi connectivity index (χ4v) is 2.51. The minimum absolute atomic E-state index is 0.229. The molecule has 0 amide bonds. The molecule has 0 aromatic rings. The number of carbonyl (C=O) groups is 1. The van der Waals surface area contributed by atoms with E-state index in [0.717, 1.165) is 19.3 Å². The number of carboxylic acid groups (broad SMARTS) is 1. The molecule has 0 fully saturated rings. The molecule has 0 aliphatic carbocycles. The molecule has 0 aromatic carbocycles. The van der Waals surface area contributed by atoms with Gasteiger partial charge in [0.25, 0.3) is 0 Å². The minimum Gasteiger partial charge on any atom is -0.479 e. The highest BCUT2D eigenvalue weighted by atomic mass is 16.4. The number of aliphatic hydroxyl groups is 5. The lowest BCUT2D eigenvalue weighted by Gasteiger charge is -2.33. The second-order valence-electron chi connectivity index (χ2n) is 6.14. The molecule has 0 unspecified atom stereocenters. The van der Waals surface area contributed by atoms with Crippen molar-refractivity contribution in [3.63, 3.8) is 0 Å². The van der Waals surface area contributed by atoms with Crippen molar-refractivity contribution >= 4 is 5.97 Å². The highest BCUT2D eigenvalue weighted by Crippen LogP contribution is 2.24. The number of hydrogen-bond acceptors (Lipinski definition) is 6. The molecule has 0 radical (unpaired) electrons. The normalized spacial score (nSPS) is 18.2. The topological polar surface area (TPSA) is 138 Å². The lowest BCUT2D eigenvalue weighted by atomic mass is 9.85. The molecule has 7 heteroatoms. The minimum atomic E-state index is -2.54. The predicted octanol–water partition coefficient (Wildman–Crippen LogP) is 0.408. The second-order valence-corrected chi connectivity index (χ2v) is 6.14. The maximum absolute atomic E-state index is 11.3. The van der Waals surface area contributed by atoms with E-state index in [-0.39, 0.29) is 6.42 Å². The van der Waals surface area contributed by atoms with E-state index in [1.54, 1.807) is 0 Å². The largest absolute Gasteiger partial charge is 0.479 e. The number of rotatable bonds is 14. The van der Waals surface area contributed by atoms with Crippen molar-refractivity contribution in [3.8, 4) is 0 Å². The maximum Gasteiger partial charge on any atom is 0.338 e.